The Morgan fingerprint density at radius 1 is 1.20 bits per heavy atom. The second-order valence-electron chi connectivity index (χ2n) is 4.58. The van der Waals surface area contributed by atoms with Crippen molar-refractivity contribution < 1.29 is 4.79 Å². The van der Waals surface area contributed by atoms with Crippen LogP contribution in [0.1, 0.15) is 16.3 Å². The van der Waals surface area contributed by atoms with Crippen molar-refractivity contribution in [2.45, 2.75) is 6.54 Å². The number of nitrogens with zero attached hydrogens (tertiary/aromatic N) is 3. The van der Waals surface area contributed by atoms with Crippen LogP contribution >= 0.6 is 0 Å². The summed E-state index contributed by atoms with van der Waals surface area (Å²) in [5.74, 6) is 0.643. The van der Waals surface area contributed by atoms with Crippen molar-refractivity contribution in [3.05, 3.63) is 60.2 Å². The second-order valence-corrected chi connectivity index (χ2v) is 4.58. The summed E-state index contributed by atoms with van der Waals surface area (Å²) in [5.41, 5.74) is 2.31. The minimum atomic E-state index is -0.119. The Morgan fingerprint density at radius 3 is 2.75 bits per heavy atom. The van der Waals surface area contributed by atoms with Gasteiger partial charge in [0.25, 0.3) is 5.91 Å². The van der Waals surface area contributed by atoms with E-state index in [9.17, 15) is 4.79 Å². The summed E-state index contributed by atoms with van der Waals surface area (Å²) >= 11 is 0. The first-order chi connectivity index (χ1) is 9.74. The smallest absolute Gasteiger partial charge is 0.272 e. The Hall–Kier alpha value is -2.69. The summed E-state index contributed by atoms with van der Waals surface area (Å²) in [5, 5.41) is 0. The number of carbonyl (C=O) groups excluding carboxylic acids is 1. The molecule has 3 aromatic rings. The number of pyridine rings is 1. The Kier molecular flexibility index (Phi) is 3.16. The van der Waals surface area contributed by atoms with Crippen LogP contribution < -0.4 is 0 Å². The molecule has 2 heterocycles. The third-order valence-corrected chi connectivity index (χ3v) is 3.06. The number of imidazole rings is 1. The normalized spacial score (nSPS) is 10.7. The third kappa shape index (κ3) is 2.38. The predicted molar refractivity (Wildman–Crippen MR) is 76.1 cm³/mol. The van der Waals surface area contributed by atoms with Gasteiger partial charge in [0.1, 0.15) is 11.5 Å². The van der Waals surface area contributed by atoms with Gasteiger partial charge in [-0.25, -0.2) is 4.98 Å². The summed E-state index contributed by atoms with van der Waals surface area (Å²) in [6.45, 7) is 0.421. The van der Waals surface area contributed by atoms with Crippen LogP contribution in [0, 0.1) is 0 Å². The van der Waals surface area contributed by atoms with Gasteiger partial charge in [-0.2, -0.15) is 0 Å². The zero-order valence-corrected chi connectivity index (χ0v) is 11.1. The van der Waals surface area contributed by atoms with Crippen molar-refractivity contribution in [3.63, 3.8) is 0 Å². The predicted octanol–water partition coefficient (Wildman–Crippen LogP) is 2.23. The van der Waals surface area contributed by atoms with Crippen LogP contribution in [0.2, 0.25) is 0 Å². The molecule has 20 heavy (non-hydrogen) atoms. The van der Waals surface area contributed by atoms with E-state index in [1.807, 2.05) is 24.3 Å². The van der Waals surface area contributed by atoms with Gasteiger partial charge in [-0.3, -0.25) is 9.78 Å². The number of rotatable bonds is 3. The maximum atomic E-state index is 12.2. The third-order valence-electron chi connectivity index (χ3n) is 3.06. The molecule has 100 valence electrons. The molecular formula is C15H14N4O. The van der Waals surface area contributed by atoms with Gasteiger partial charge < -0.3 is 9.88 Å². The fraction of sp³-hybridized carbons (Fsp3) is 0.133. The average molecular weight is 266 g/mol. The van der Waals surface area contributed by atoms with E-state index in [-0.39, 0.29) is 5.91 Å². The lowest BCUT2D eigenvalue weighted by atomic mass is 10.3. The van der Waals surface area contributed by atoms with Crippen LogP contribution in [0.5, 0.6) is 0 Å². The number of amides is 1. The van der Waals surface area contributed by atoms with Gasteiger partial charge in [0.2, 0.25) is 0 Å². The molecule has 0 spiro atoms. The van der Waals surface area contributed by atoms with E-state index in [0.29, 0.717) is 12.2 Å². The molecule has 1 amide bonds. The van der Waals surface area contributed by atoms with E-state index in [1.54, 1.807) is 36.3 Å². The molecule has 1 N–H and O–H groups in total. The number of hydrogen-bond donors (Lipinski definition) is 1. The number of nitrogens with one attached hydrogen (secondary N) is 1. The Labute approximate surface area is 116 Å². The van der Waals surface area contributed by atoms with Crippen molar-refractivity contribution in [1.82, 2.24) is 19.9 Å². The lowest BCUT2D eigenvalue weighted by Crippen LogP contribution is -2.27. The number of para-hydroxylation sites is 2. The highest BCUT2D eigenvalue weighted by Gasteiger charge is 2.14. The first-order valence-corrected chi connectivity index (χ1v) is 6.34. The molecule has 0 aliphatic heterocycles. The topological polar surface area (TPSA) is 61.9 Å². The van der Waals surface area contributed by atoms with Gasteiger partial charge in [0, 0.05) is 13.2 Å². The van der Waals surface area contributed by atoms with E-state index in [0.717, 1.165) is 16.9 Å². The number of benzene rings is 1. The van der Waals surface area contributed by atoms with E-state index < -0.39 is 0 Å². The van der Waals surface area contributed by atoms with Crippen molar-refractivity contribution in [2.24, 2.45) is 0 Å². The van der Waals surface area contributed by atoms with Crippen LogP contribution in [-0.2, 0) is 6.54 Å². The molecule has 1 aromatic carbocycles. The van der Waals surface area contributed by atoms with E-state index in [4.69, 9.17) is 0 Å². The second kappa shape index (κ2) is 5.13. The van der Waals surface area contributed by atoms with Gasteiger partial charge in [0.05, 0.1) is 17.6 Å². The lowest BCUT2D eigenvalue weighted by molar-refractivity contribution is 0.0776. The fourth-order valence-corrected chi connectivity index (χ4v) is 2.06. The number of fused-ring (bicyclic) bond motifs is 1. The number of aromatic nitrogens is 3. The summed E-state index contributed by atoms with van der Waals surface area (Å²) in [4.78, 5) is 25.5. The van der Waals surface area contributed by atoms with Gasteiger partial charge in [0.15, 0.2) is 0 Å². The summed E-state index contributed by atoms with van der Waals surface area (Å²) < 4.78 is 0. The van der Waals surface area contributed by atoms with Crippen LogP contribution in [-0.4, -0.2) is 32.8 Å². The van der Waals surface area contributed by atoms with Gasteiger partial charge in [-0.15, -0.1) is 0 Å². The maximum absolute atomic E-state index is 12.2. The molecule has 0 radical (unpaired) electrons. The van der Waals surface area contributed by atoms with Crippen molar-refractivity contribution in [1.29, 1.82) is 0 Å². The Balaban J connectivity index is 1.78. The average Bonchev–Trinajstić information content (AvgIpc) is 2.89. The van der Waals surface area contributed by atoms with Crippen molar-refractivity contribution >= 4 is 16.9 Å². The lowest BCUT2D eigenvalue weighted by Gasteiger charge is -2.14. The van der Waals surface area contributed by atoms with Crippen molar-refractivity contribution in [3.8, 4) is 0 Å². The van der Waals surface area contributed by atoms with E-state index >= 15 is 0 Å². The Bertz CT molecular complexity index is 703. The summed E-state index contributed by atoms with van der Waals surface area (Å²) in [6.07, 6.45) is 1.61. The first-order valence-electron chi connectivity index (χ1n) is 6.34. The molecule has 0 fully saturated rings. The van der Waals surface area contributed by atoms with Crippen LogP contribution in [0.4, 0.5) is 0 Å². The summed E-state index contributed by atoms with van der Waals surface area (Å²) in [7, 11) is 1.74. The molecule has 0 aliphatic carbocycles. The van der Waals surface area contributed by atoms with E-state index in [1.165, 1.54) is 0 Å². The molecular weight excluding hydrogens is 252 g/mol. The standard InChI is InChI=1S/C15H14N4O/c1-19(15(20)13-8-4-5-9-16-13)10-14-17-11-6-2-3-7-12(11)18-14/h2-9H,10H2,1H3,(H,17,18). The van der Waals surface area contributed by atoms with Crippen LogP contribution in [0.3, 0.4) is 0 Å². The molecule has 0 saturated heterocycles. The van der Waals surface area contributed by atoms with Gasteiger partial charge >= 0.3 is 0 Å². The molecule has 5 nitrogen and oxygen atoms in total. The highest BCUT2D eigenvalue weighted by Crippen LogP contribution is 2.12. The molecule has 0 saturated carbocycles. The van der Waals surface area contributed by atoms with E-state index in [2.05, 4.69) is 15.0 Å². The Morgan fingerprint density at radius 2 is 2.00 bits per heavy atom. The molecule has 0 unspecified atom stereocenters. The zero-order valence-electron chi connectivity index (χ0n) is 11.1. The molecule has 5 heteroatoms. The fourth-order valence-electron chi connectivity index (χ4n) is 2.06. The number of aromatic amines is 1. The zero-order chi connectivity index (χ0) is 13.9. The minimum absolute atomic E-state index is 0.119. The van der Waals surface area contributed by atoms with Gasteiger partial charge in [-0.1, -0.05) is 18.2 Å². The van der Waals surface area contributed by atoms with Crippen LogP contribution in [0.15, 0.2) is 48.7 Å². The monoisotopic (exact) mass is 266 g/mol. The molecule has 2 aromatic heterocycles. The molecule has 0 bridgehead atoms. The number of H-pyrrole nitrogens is 1. The molecule has 0 atom stereocenters. The largest absolute Gasteiger partial charge is 0.340 e. The minimum Gasteiger partial charge on any atom is -0.340 e. The molecule has 0 aliphatic rings. The molecule has 3 rings (SSSR count). The SMILES string of the molecule is CN(Cc1nc2ccccc2[nH]1)C(=O)c1ccccn1. The highest BCUT2D eigenvalue weighted by atomic mass is 16.2. The maximum Gasteiger partial charge on any atom is 0.272 e. The highest BCUT2D eigenvalue weighted by molar-refractivity contribution is 5.92. The van der Waals surface area contributed by atoms with Crippen LogP contribution in [0.25, 0.3) is 11.0 Å². The number of hydrogen-bond acceptors (Lipinski definition) is 3. The van der Waals surface area contributed by atoms with Crippen molar-refractivity contribution in [2.75, 3.05) is 7.05 Å². The quantitative estimate of drug-likeness (QED) is 0.790. The number of carbonyl (C=O) groups is 1. The summed E-state index contributed by atoms with van der Waals surface area (Å²) in [6, 6.07) is 13.1. The van der Waals surface area contributed by atoms with Gasteiger partial charge in [-0.05, 0) is 24.3 Å². The first kappa shape index (κ1) is 12.3.